The number of hydrogen-bond acceptors (Lipinski definition) is 1. The molecule has 0 unspecified atom stereocenters. The van der Waals surface area contributed by atoms with Crippen LogP contribution < -0.4 is 10.6 Å². The molecule has 0 spiro atoms. The molecule has 0 bridgehead atoms. The Morgan fingerprint density at radius 1 is 0.941 bits per heavy atom. The summed E-state index contributed by atoms with van der Waals surface area (Å²) in [5.41, 5.74) is 7.70. The van der Waals surface area contributed by atoms with E-state index in [1.165, 1.54) is 0 Å². The number of anilines is 2. The van der Waals surface area contributed by atoms with Gasteiger partial charge in [0.1, 0.15) is 0 Å². The number of para-hydroxylation sites is 1. The summed E-state index contributed by atoms with van der Waals surface area (Å²) in [7, 11) is 0. The molecule has 2 N–H and O–H groups in total. The highest BCUT2D eigenvalue weighted by Gasteiger charge is 2.11. The van der Waals surface area contributed by atoms with Gasteiger partial charge in [-0.05, 0) is 48.6 Å². The smallest absolute Gasteiger partial charge is 0.175 e. The molecule has 0 saturated heterocycles. The molecule has 2 nitrogen and oxygen atoms in total. The maximum Gasteiger partial charge on any atom is 0.175 e. The summed E-state index contributed by atoms with van der Waals surface area (Å²) >= 11 is 8.51. The molecule has 2 aromatic rings. The van der Waals surface area contributed by atoms with Gasteiger partial charge in [0.2, 0.25) is 0 Å². The zero-order valence-electron chi connectivity index (χ0n) is 9.01. The summed E-state index contributed by atoms with van der Waals surface area (Å²) < 4.78 is 1.03. The maximum atomic E-state index is 5.78. The van der Waals surface area contributed by atoms with Crippen LogP contribution in [0.25, 0.3) is 0 Å². The fourth-order valence-corrected chi connectivity index (χ4v) is 2.05. The highest BCUT2D eigenvalue weighted by atomic mass is 79.9. The maximum absolute atomic E-state index is 5.78. The van der Waals surface area contributed by atoms with Crippen molar-refractivity contribution in [3.63, 3.8) is 0 Å². The minimum atomic E-state index is 0.332. The van der Waals surface area contributed by atoms with Crippen molar-refractivity contribution in [3.05, 3.63) is 59.1 Å². The van der Waals surface area contributed by atoms with Crippen molar-refractivity contribution in [2.45, 2.75) is 0 Å². The third-order valence-corrected chi connectivity index (χ3v) is 3.03. The molecule has 0 aliphatic rings. The highest BCUT2D eigenvalue weighted by molar-refractivity contribution is 9.10. The molecule has 0 atom stereocenters. The van der Waals surface area contributed by atoms with Gasteiger partial charge in [0.25, 0.3) is 0 Å². The van der Waals surface area contributed by atoms with Crippen LogP contribution in [-0.2, 0) is 0 Å². The van der Waals surface area contributed by atoms with Gasteiger partial charge in [-0.1, -0.05) is 34.1 Å². The monoisotopic (exact) mass is 306 g/mol. The van der Waals surface area contributed by atoms with E-state index < -0.39 is 0 Å². The van der Waals surface area contributed by atoms with Crippen LogP contribution in [0.5, 0.6) is 0 Å². The van der Waals surface area contributed by atoms with E-state index in [2.05, 4.69) is 15.9 Å². The van der Waals surface area contributed by atoms with Gasteiger partial charge in [-0.25, -0.2) is 0 Å². The van der Waals surface area contributed by atoms with Crippen molar-refractivity contribution in [1.82, 2.24) is 0 Å². The van der Waals surface area contributed by atoms with E-state index in [9.17, 15) is 0 Å². The van der Waals surface area contributed by atoms with Gasteiger partial charge in [0.15, 0.2) is 5.11 Å². The van der Waals surface area contributed by atoms with Gasteiger partial charge in [0, 0.05) is 15.8 Å². The van der Waals surface area contributed by atoms with Gasteiger partial charge in [-0.15, -0.1) is 0 Å². The van der Waals surface area contributed by atoms with E-state index in [1.807, 2.05) is 59.5 Å². The Morgan fingerprint density at radius 3 is 2.00 bits per heavy atom. The number of hydrogen-bond donors (Lipinski definition) is 1. The fraction of sp³-hybridized carbons (Fsp3) is 0. The van der Waals surface area contributed by atoms with E-state index in [4.69, 9.17) is 18.0 Å². The van der Waals surface area contributed by atoms with Crippen molar-refractivity contribution < 1.29 is 0 Å². The Kier molecular flexibility index (Phi) is 3.76. The van der Waals surface area contributed by atoms with Crippen molar-refractivity contribution >= 4 is 44.6 Å². The molecular formula is C13H11BrN2S. The lowest BCUT2D eigenvalue weighted by Crippen LogP contribution is -2.31. The molecule has 0 amide bonds. The Hall–Kier alpha value is -1.39. The average molecular weight is 307 g/mol. The average Bonchev–Trinajstić information content (AvgIpc) is 2.33. The number of rotatable bonds is 2. The van der Waals surface area contributed by atoms with Crippen LogP contribution in [0, 0.1) is 0 Å². The first kappa shape index (κ1) is 12.1. The number of benzene rings is 2. The molecule has 0 radical (unpaired) electrons. The van der Waals surface area contributed by atoms with Gasteiger partial charge >= 0.3 is 0 Å². The molecule has 0 aromatic heterocycles. The first-order valence-corrected chi connectivity index (χ1v) is 6.29. The summed E-state index contributed by atoms with van der Waals surface area (Å²) in [5, 5.41) is 0.332. The second-order valence-corrected chi connectivity index (χ2v) is 4.82. The third-order valence-electron chi connectivity index (χ3n) is 2.32. The van der Waals surface area contributed by atoms with Crippen LogP contribution in [-0.4, -0.2) is 5.11 Å². The molecule has 0 aliphatic heterocycles. The van der Waals surface area contributed by atoms with E-state index in [-0.39, 0.29) is 0 Å². The summed E-state index contributed by atoms with van der Waals surface area (Å²) in [6, 6.07) is 17.7. The molecule has 17 heavy (non-hydrogen) atoms. The molecular weight excluding hydrogens is 296 g/mol. The molecule has 0 aliphatic carbocycles. The summed E-state index contributed by atoms with van der Waals surface area (Å²) in [4.78, 5) is 1.84. The summed E-state index contributed by atoms with van der Waals surface area (Å²) in [6.07, 6.45) is 0. The summed E-state index contributed by atoms with van der Waals surface area (Å²) in [6.45, 7) is 0. The van der Waals surface area contributed by atoms with Gasteiger partial charge in [-0.2, -0.15) is 0 Å². The predicted octanol–water partition coefficient (Wildman–Crippen LogP) is 3.83. The van der Waals surface area contributed by atoms with E-state index in [0.717, 1.165) is 15.8 Å². The normalized spacial score (nSPS) is 9.94. The number of halogens is 1. The van der Waals surface area contributed by atoms with Gasteiger partial charge in [0.05, 0.1) is 0 Å². The minimum Gasteiger partial charge on any atom is -0.376 e. The SMILES string of the molecule is NC(=S)N(c1ccccc1)c1ccc(Br)cc1. The Balaban J connectivity index is 2.43. The Morgan fingerprint density at radius 2 is 1.47 bits per heavy atom. The Labute approximate surface area is 114 Å². The lowest BCUT2D eigenvalue weighted by Gasteiger charge is -2.22. The van der Waals surface area contributed by atoms with E-state index in [1.54, 1.807) is 0 Å². The zero-order chi connectivity index (χ0) is 12.3. The quantitative estimate of drug-likeness (QED) is 0.855. The molecule has 0 saturated carbocycles. The van der Waals surface area contributed by atoms with Crippen LogP contribution >= 0.6 is 28.1 Å². The number of thiocarbonyl (C=S) groups is 1. The van der Waals surface area contributed by atoms with Gasteiger partial charge in [-0.3, -0.25) is 4.90 Å². The molecule has 0 fully saturated rings. The van der Waals surface area contributed by atoms with Crippen molar-refractivity contribution in [3.8, 4) is 0 Å². The standard InChI is InChI=1S/C13H11BrN2S/c14-10-6-8-12(9-7-10)16(13(15)17)11-4-2-1-3-5-11/h1-9H,(H2,15,17). The van der Waals surface area contributed by atoms with Crippen molar-refractivity contribution in [2.24, 2.45) is 5.73 Å². The second kappa shape index (κ2) is 5.29. The molecule has 86 valence electrons. The highest BCUT2D eigenvalue weighted by Crippen LogP contribution is 2.26. The van der Waals surface area contributed by atoms with Gasteiger partial charge < -0.3 is 5.73 Å². The summed E-state index contributed by atoms with van der Waals surface area (Å²) in [5.74, 6) is 0. The second-order valence-electron chi connectivity index (χ2n) is 3.49. The molecule has 0 heterocycles. The van der Waals surface area contributed by atoms with Crippen molar-refractivity contribution in [1.29, 1.82) is 0 Å². The van der Waals surface area contributed by atoms with E-state index >= 15 is 0 Å². The lowest BCUT2D eigenvalue weighted by atomic mass is 10.2. The predicted molar refractivity (Wildman–Crippen MR) is 79.5 cm³/mol. The van der Waals surface area contributed by atoms with Crippen LogP contribution in [0.1, 0.15) is 0 Å². The first-order valence-electron chi connectivity index (χ1n) is 5.08. The molecule has 2 rings (SSSR count). The topological polar surface area (TPSA) is 29.3 Å². The van der Waals surface area contributed by atoms with Crippen LogP contribution in [0.15, 0.2) is 59.1 Å². The first-order chi connectivity index (χ1) is 8.18. The number of nitrogens with zero attached hydrogens (tertiary/aromatic N) is 1. The van der Waals surface area contributed by atoms with Crippen molar-refractivity contribution in [2.75, 3.05) is 4.90 Å². The van der Waals surface area contributed by atoms with Crippen LogP contribution in [0.4, 0.5) is 11.4 Å². The lowest BCUT2D eigenvalue weighted by molar-refractivity contribution is 1.34. The van der Waals surface area contributed by atoms with E-state index in [0.29, 0.717) is 5.11 Å². The molecule has 2 aromatic carbocycles. The largest absolute Gasteiger partial charge is 0.376 e. The van der Waals surface area contributed by atoms with Crippen LogP contribution in [0.3, 0.4) is 0 Å². The fourth-order valence-electron chi connectivity index (χ4n) is 1.57. The number of nitrogens with two attached hydrogens (primary N) is 1. The van der Waals surface area contributed by atoms with Crippen LogP contribution in [0.2, 0.25) is 0 Å². The third kappa shape index (κ3) is 2.84. The minimum absolute atomic E-state index is 0.332. The molecule has 4 heteroatoms. The Bertz CT molecular complexity index is 511. The zero-order valence-corrected chi connectivity index (χ0v) is 11.4.